The summed E-state index contributed by atoms with van der Waals surface area (Å²) in [5, 5.41) is 9.45. The Morgan fingerprint density at radius 2 is 1.72 bits per heavy atom. The van der Waals surface area contributed by atoms with Gasteiger partial charge in [0.25, 0.3) is 5.56 Å². The molecular weight excluding hydrogens is 316 g/mol. The van der Waals surface area contributed by atoms with Gasteiger partial charge in [0.1, 0.15) is 5.76 Å². The van der Waals surface area contributed by atoms with Gasteiger partial charge >= 0.3 is 0 Å². The van der Waals surface area contributed by atoms with Crippen molar-refractivity contribution in [3.8, 4) is 0 Å². The Balaban J connectivity index is 1.77. The lowest BCUT2D eigenvalue weighted by atomic mass is 10.0. The molecule has 2 N–H and O–H groups in total. The van der Waals surface area contributed by atoms with E-state index in [9.17, 15) is 14.7 Å². The van der Waals surface area contributed by atoms with Crippen molar-refractivity contribution >= 4 is 5.76 Å². The summed E-state index contributed by atoms with van der Waals surface area (Å²) in [6.07, 6.45) is 2.32. The largest absolute Gasteiger partial charge is 0.506 e. The molecule has 2 aromatic heterocycles. The first-order valence-corrected chi connectivity index (χ1v) is 7.86. The topological polar surface area (TPSA) is 75.1 Å². The van der Waals surface area contributed by atoms with E-state index in [1.807, 2.05) is 30.3 Å². The zero-order valence-corrected chi connectivity index (χ0v) is 13.6. The Kier molecular flexibility index (Phi) is 4.66. The molecule has 5 heteroatoms. The molecule has 25 heavy (non-hydrogen) atoms. The molecule has 0 unspecified atom stereocenters. The van der Waals surface area contributed by atoms with Gasteiger partial charge in [-0.3, -0.25) is 9.59 Å². The third kappa shape index (κ3) is 4.14. The maximum Gasteiger partial charge on any atom is 0.250 e. The van der Waals surface area contributed by atoms with Crippen LogP contribution in [0.15, 0.2) is 77.0 Å². The molecule has 0 spiro atoms. The number of hydrogen-bond acceptors (Lipinski definition) is 3. The number of aliphatic hydroxyl groups is 1. The van der Waals surface area contributed by atoms with E-state index in [1.54, 1.807) is 22.9 Å². The molecule has 0 amide bonds. The molecule has 0 radical (unpaired) electrons. The third-order valence-corrected chi connectivity index (χ3v) is 3.90. The van der Waals surface area contributed by atoms with Crippen molar-refractivity contribution in [3.05, 3.63) is 110 Å². The van der Waals surface area contributed by atoms with E-state index in [0.717, 1.165) is 16.7 Å². The van der Waals surface area contributed by atoms with Gasteiger partial charge in [-0.05, 0) is 35.2 Å². The van der Waals surface area contributed by atoms with Gasteiger partial charge in [-0.25, -0.2) is 0 Å². The molecule has 0 saturated heterocycles. The molecule has 0 aliphatic carbocycles. The van der Waals surface area contributed by atoms with Gasteiger partial charge in [-0.2, -0.15) is 0 Å². The number of aromatic amines is 1. The van der Waals surface area contributed by atoms with Crippen LogP contribution in [0.25, 0.3) is 5.76 Å². The van der Waals surface area contributed by atoms with E-state index in [-0.39, 0.29) is 16.9 Å². The SMILES string of the molecule is C=C(O)c1cc(Cc2ccc(Cn3ccccc3=O)cc2)cc(=O)[nH]1. The number of nitrogens with one attached hydrogen (secondary N) is 1. The van der Waals surface area contributed by atoms with E-state index in [2.05, 4.69) is 11.6 Å². The van der Waals surface area contributed by atoms with Crippen LogP contribution in [0.2, 0.25) is 0 Å². The lowest BCUT2D eigenvalue weighted by Crippen LogP contribution is -2.18. The van der Waals surface area contributed by atoms with Crippen LogP contribution < -0.4 is 11.1 Å². The van der Waals surface area contributed by atoms with Crippen LogP contribution in [0.4, 0.5) is 0 Å². The monoisotopic (exact) mass is 334 g/mol. The highest BCUT2D eigenvalue weighted by atomic mass is 16.3. The maximum absolute atomic E-state index is 11.8. The van der Waals surface area contributed by atoms with Gasteiger partial charge < -0.3 is 14.7 Å². The fourth-order valence-electron chi connectivity index (χ4n) is 2.64. The average Bonchev–Trinajstić information content (AvgIpc) is 2.58. The predicted octanol–water partition coefficient (Wildman–Crippen LogP) is 2.70. The Morgan fingerprint density at radius 1 is 1.00 bits per heavy atom. The molecule has 3 aromatic rings. The second-order valence-electron chi connectivity index (χ2n) is 5.87. The molecule has 0 aliphatic heterocycles. The van der Waals surface area contributed by atoms with Crippen LogP contribution in [0.1, 0.15) is 22.4 Å². The van der Waals surface area contributed by atoms with Gasteiger partial charge in [-0.15, -0.1) is 0 Å². The maximum atomic E-state index is 11.8. The molecule has 2 heterocycles. The second-order valence-corrected chi connectivity index (χ2v) is 5.87. The van der Waals surface area contributed by atoms with Crippen molar-refractivity contribution in [2.24, 2.45) is 0 Å². The summed E-state index contributed by atoms with van der Waals surface area (Å²) >= 11 is 0. The quantitative estimate of drug-likeness (QED) is 0.705. The molecule has 0 atom stereocenters. The Labute approximate surface area is 144 Å². The molecule has 0 fully saturated rings. The van der Waals surface area contributed by atoms with E-state index < -0.39 is 0 Å². The van der Waals surface area contributed by atoms with Gasteiger partial charge in [0.05, 0.1) is 12.2 Å². The Morgan fingerprint density at radius 3 is 2.40 bits per heavy atom. The summed E-state index contributed by atoms with van der Waals surface area (Å²) in [6.45, 7) is 3.94. The summed E-state index contributed by atoms with van der Waals surface area (Å²) in [6, 6.07) is 16.2. The highest BCUT2D eigenvalue weighted by molar-refractivity contribution is 5.52. The fraction of sp³-hybridized carbons (Fsp3) is 0.100. The number of hydrogen-bond donors (Lipinski definition) is 2. The average molecular weight is 334 g/mol. The minimum Gasteiger partial charge on any atom is -0.506 e. The van der Waals surface area contributed by atoms with Crippen molar-refractivity contribution in [1.82, 2.24) is 9.55 Å². The molecule has 0 bridgehead atoms. The summed E-state index contributed by atoms with van der Waals surface area (Å²) in [4.78, 5) is 25.9. The second kappa shape index (κ2) is 7.05. The summed E-state index contributed by atoms with van der Waals surface area (Å²) < 4.78 is 1.64. The van der Waals surface area contributed by atoms with Crippen LogP contribution in [-0.4, -0.2) is 14.7 Å². The Bertz CT molecular complexity index is 1010. The number of pyridine rings is 2. The van der Waals surface area contributed by atoms with Crippen LogP contribution in [0, 0.1) is 0 Å². The van der Waals surface area contributed by atoms with Crippen molar-refractivity contribution in [3.63, 3.8) is 0 Å². The zero-order chi connectivity index (χ0) is 17.8. The van der Waals surface area contributed by atoms with E-state index in [4.69, 9.17) is 0 Å². The third-order valence-electron chi connectivity index (χ3n) is 3.90. The molecule has 3 rings (SSSR count). The first-order chi connectivity index (χ1) is 12.0. The summed E-state index contributed by atoms with van der Waals surface area (Å²) in [5.74, 6) is -0.164. The first-order valence-electron chi connectivity index (χ1n) is 7.86. The minimum atomic E-state index is -0.275. The van der Waals surface area contributed by atoms with Gasteiger partial charge in [0.15, 0.2) is 0 Å². The summed E-state index contributed by atoms with van der Waals surface area (Å²) in [5.41, 5.74) is 2.86. The zero-order valence-electron chi connectivity index (χ0n) is 13.6. The molecule has 126 valence electrons. The van der Waals surface area contributed by atoms with Gasteiger partial charge in [0, 0.05) is 18.3 Å². The molecule has 0 aliphatic rings. The number of aromatic nitrogens is 2. The highest BCUT2D eigenvalue weighted by Gasteiger charge is 2.04. The lowest BCUT2D eigenvalue weighted by Gasteiger charge is -2.08. The number of nitrogens with zero attached hydrogens (tertiary/aromatic N) is 1. The predicted molar refractivity (Wildman–Crippen MR) is 97.8 cm³/mol. The number of H-pyrrole nitrogens is 1. The van der Waals surface area contributed by atoms with Crippen molar-refractivity contribution in [2.45, 2.75) is 13.0 Å². The Hall–Kier alpha value is -3.34. The molecule has 5 nitrogen and oxygen atoms in total. The van der Waals surface area contributed by atoms with E-state index in [1.165, 1.54) is 12.1 Å². The van der Waals surface area contributed by atoms with Crippen molar-refractivity contribution < 1.29 is 5.11 Å². The minimum absolute atomic E-state index is 0.0353. The number of aliphatic hydroxyl groups excluding tert-OH is 1. The first kappa shape index (κ1) is 16.5. The van der Waals surface area contributed by atoms with E-state index >= 15 is 0 Å². The molecular formula is C20H18N2O3. The van der Waals surface area contributed by atoms with Crippen LogP contribution in [-0.2, 0) is 13.0 Å². The highest BCUT2D eigenvalue weighted by Crippen LogP contribution is 2.13. The molecule has 1 aromatic carbocycles. The fourth-order valence-corrected chi connectivity index (χ4v) is 2.64. The van der Waals surface area contributed by atoms with Crippen LogP contribution in [0.3, 0.4) is 0 Å². The lowest BCUT2D eigenvalue weighted by molar-refractivity contribution is 0.510. The number of benzene rings is 1. The smallest absolute Gasteiger partial charge is 0.250 e. The van der Waals surface area contributed by atoms with Crippen LogP contribution in [0.5, 0.6) is 0 Å². The molecule has 0 saturated carbocycles. The van der Waals surface area contributed by atoms with Crippen LogP contribution >= 0.6 is 0 Å². The van der Waals surface area contributed by atoms with Gasteiger partial charge in [-0.1, -0.05) is 36.9 Å². The van der Waals surface area contributed by atoms with Crippen molar-refractivity contribution in [2.75, 3.05) is 0 Å². The van der Waals surface area contributed by atoms with Gasteiger partial charge in [0.2, 0.25) is 5.56 Å². The number of rotatable bonds is 5. The summed E-state index contributed by atoms with van der Waals surface area (Å²) in [7, 11) is 0. The van der Waals surface area contributed by atoms with Crippen molar-refractivity contribution in [1.29, 1.82) is 0 Å². The normalized spacial score (nSPS) is 10.6. The van der Waals surface area contributed by atoms with E-state index in [0.29, 0.717) is 18.7 Å². The standard InChI is InChI=1S/C20H18N2O3/c1-14(23)18-11-17(12-19(24)21-18)10-15-5-7-16(8-6-15)13-22-9-3-2-4-20(22)25/h2-9,11-12,23H,1,10,13H2,(H,21,24).